The van der Waals surface area contributed by atoms with E-state index >= 15 is 0 Å². The van der Waals surface area contributed by atoms with Crippen molar-refractivity contribution in [2.45, 2.75) is 44.7 Å². The van der Waals surface area contributed by atoms with Gasteiger partial charge in [-0.15, -0.1) is 11.8 Å². The SMILES string of the molecule is N#CC(SCCC(F)(F)F)=C1CCCCC1. The van der Waals surface area contributed by atoms with Crippen LogP contribution in [0.25, 0.3) is 0 Å². The smallest absolute Gasteiger partial charge is 0.192 e. The summed E-state index contributed by atoms with van der Waals surface area (Å²) < 4.78 is 35.8. The number of alkyl halides is 3. The summed E-state index contributed by atoms with van der Waals surface area (Å²) >= 11 is 1.05. The summed E-state index contributed by atoms with van der Waals surface area (Å²) in [4.78, 5) is 0.518. The topological polar surface area (TPSA) is 23.8 Å². The van der Waals surface area contributed by atoms with Crippen LogP contribution in [0.1, 0.15) is 38.5 Å². The summed E-state index contributed by atoms with van der Waals surface area (Å²) in [5, 5.41) is 8.90. The number of nitriles is 1. The molecule has 16 heavy (non-hydrogen) atoms. The Labute approximate surface area is 97.7 Å². The predicted octanol–water partition coefficient (Wildman–Crippen LogP) is 4.41. The molecule has 0 saturated heterocycles. The molecule has 1 fully saturated rings. The van der Waals surface area contributed by atoms with E-state index in [2.05, 4.69) is 0 Å². The lowest BCUT2D eigenvalue weighted by Gasteiger charge is -2.15. The van der Waals surface area contributed by atoms with Crippen molar-refractivity contribution in [3.05, 3.63) is 10.5 Å². The highest BCUT2D eigenvalue weighted by Gasteiger charge is 2.26. The van der Waals surface area contributed by atoms with E-state index in [0.717, 1.165) is 49.4 Å². The summed E-state index contributed by atoms with van der Waals surface area (Å²) in [6, 6.07) is 2.03. The van der Waals surface area contributed by atoms with Crippen LogP contribution >= 0.6 is 11.8 Å². The van der Waals surface area contributed by atoms with Gasteiger partial charge in [0.2, 0.25) is 0 Å². The molecule has 90 valence electrons. The highest BCUT2D eigenvalue weighted by atomic mass is 32.2. The molecule has 1 saturated carbocycles. The van der Waals surface area contributed by atoms with Gasteiger partial charge in [-0.25, -0.2) is 0 Å². The minimum atomic E-state index is -4.12. The zero-order chi connectivity index (χ0) is 12.0. The minimum Gasteiger partial charge on any atom is -0.192 e. The van der Waals surface area contributed by atoms with Gasteiger partial charge in [-0.2, -0.15) is 18.4 Å². The van der Waals surface area contributed by atoms with E-state index in [4.69, 9.17) is 5.26 Å². The largest absolute Gasteiger partial charge is 0.389 e. The highest BCUT2D eigenvalue weighted by Crippen LogP contribution is 2.32. The third kappa shape index (κ3) is 4.93. The van der Waals surface area contributed by atoms with Crippen LogP contribution in [-0.2, 0) is 0 Å². The fourth-order valence-electron chi connectivity index (χ4n) is 1.69. The van der Waals surface area contributed by atoms with E-state index in [9.17, 15) is 13.2 Å². The maximum atomic E-state index is 11.9. The Kier molecular flexibility index (Phi) is 5.20. The van der Waals surface area contributed by atoms with Crippen LogP contribution in [0.5, 0.6) is 0 Å². The second-order valence-corrected chi connectivity index (χ2v) is 4.92. The average Bonchev–Trinajstić information content (AvgIpc) is 2.24. The number of hydrogen-bond donors (Lipinski definition) is 0. The van der Waals surface area contributed by atoms with Crippen molar-refractivity contribution >= 4 is 11.8 Å². The zero-order valence-electron chi connectivity index (χ0n) is 8.94. The van der Waals surface area contributed by atoms with Crippen LogP contribution in [0.15, 0.2) is 10.5 Å². The van der Waals surface area contributed by atoms with Gasteiger partial charge >= 0.3 is 6.18 Å². The van der Waals surface area contributed by atoms with E-state index < -0.39 is 12.6 Å². The molecule has 0 radical (unpaired) electrons. The van der Waals surface area contributed by atoms with Crippen molar-refractivity contribution in [1.29, 1.82) is 5.26 Å². The third-order valence-corrected chi connectivity index (χ3v) is 3.59. The van der Waals surface area contributed by atoms with Gasteiger partial charge in [0.15, 0.2) is 0 Å². The summed E-state index contributed by atoms with van der Waals surface area (Å²) in [6.45, 7) is 0. The van der Waals surface area contributed by atoms with Crippen molar-refractivity contribution in [2.75, 3.05) is 5.75 Å². The summed E-state index contributed by atoms with van der Waals surface area (Å²) in [7, 11) is 0. The fourth-order valence-corrected chi connectivity index (χ4v) is 2.70. The molecule has 1 aliphatic rings. The molecule has 0 amide bonds. The Morgan fingerprint density at radius 2 is 1.88 bits per heavy atom. The Hall–Kier alpha value is -0.630. The Morgan fingerprint density at radius 3 is 2.38 bits per heavy atom. The first-order valence-electron chi connectivity index (χ1n) is 5.34. The number of hydrogen-bond acceptors (Lipinski definition) is 2. The molecule has 0 bridgehead atoms. The predicted molar refractivity (Wildman–Crippen MR) is 58.9 cm³/mol. The third-order valence-electron chi connectivity index (χ3n) is 2.51. The van der Waals surface area contributed by atoms with E-state index in [1.807, 2.05) is 6.07 Å². The Morgan fingerprint density at radius 1 is 1.25 bits per heavy atom. The number of thioether (sulfide) groups is 1. The molecule has 1 rings (SSSR count). The first-order chi connectivity index (χ1) is 7.53. The maximum absolute atomic E-state index is 11.9. The Bertz CT molecular complexity index is 293. The molecule has 0 N–H and O–H groups in total. The number of halogens is 3. The maximum Gasteiger partial charge on any atom is 0.389 e. The first-order valence-corrected chi connectivity index (χ1v) is 6.33. The summed E-state index contributed by atoms with van der Waals surface area (Å²) in [5.74, 6) is -0.0457. The monoisotopic (exact) mass is 249 g/mol. The van der Waals surface area contributed by atoms with Crippen LogP contribution < -0.4 is 0 Å². The molecule has 0 unspecified atom stereocenters. The fraction of sp³-hybridized carbons (Fsp3) is 0.727. The van der Waals surface area contributed by atoms with Gasteiger partial charge in [-0.1, -0.05) is 6.42 Å². The number of allylic oxidation sites excluding steroid dienone is 2. The molecule has 0 aromatic rings. The molecular weight excluding hydrogens is 235 g/mol. The van der Waals surface area contributed by atoms with Crippen molar-refractivity contribution in [3.63, 3.8) is 0 Å². The summed E-state index contributed by atoms with van der Waals surface area (Å²) in [6.07, 6.45) is 0.0842. The normalized spacial score (nSPS) is 17.0. The lowest BCUT2D eigenvalue weighted by atomic mass is 9.95. The van der Waals surface area contributed by atoms with Crippen LogP contribution in [0.3, 0.4) is 0 Å². The molecule has 5 heteroatoms. The van der Waals surface area contributed by atoms with Crippen LogP contribution in [0, 0.1) is 11.3 Å². The highest BCUT2D eigenvalue weighted by molar-refractivity contribution is 8.03. The average molecular weight is 249 g/mol. The first kappa shape index (κ1) is 13.4. The molecule has 1 nitrogen and oxygen atoms in total. The van der Waals surface area contributed by atoms with Crippen molar-refractivity contribution in [1.82, 2.24) is 0 Å². The Balaban J connectivity index is 2.46. The number of nitrogens with zero attached hydrogens (tertiary/aromatic N) is 1. The lowest BCUT2D eigenvalue weighted by Crippen LogP contribution is -2.08. The van der Waals surface area contributed by atoms with Gasteiger partial charge in [-0.05, 0) is 31.3 Å². The van der Waals surface area contributed by atoms with Crippen LogP contribution in [0.2, 0.25) is 0 Å². The second kappa shape index (κ2) is 6.19. The zero-order valence-corrected chi connectivity index (χ0v) is 9.76. The van der Waals surface area contributed by atoms with E-state index in [1.54, 1.807) is 0 Å². The summed E-state index contributed by atoms with van der Waals surface area (Å²) in [5.41, 5.74) is 1.06. The standard InChI is InChI=1S/C11H14F3NS/c12-11(13,14)6-7-16-10(8-15)9-4-2-1-3-5-9/h1-7H2. The van der Waals surface area contributed by atoms with Crippen molar-refractivity contribution < 1.29 is 13.2 Å². The molecule has 1 aliphatic carbocycles. The van der Waals surface area contributed by atoms with Gasteiger partial charge in [0, 0.05) is 5.75 Å². The molecule has 0 aromatic carbocycles. The molecule has 0 aromatic heterocycles. The van der Waals surface area contributed by atoms with Gasteiger partial charge in [0.1, 0.15) is 6.07 Å². The molecular formula is C11H14F3NS. The second-order valence-electron chi connectivity index (χ2n) is 3.82. The minimum absolute atomic E-state index is 0.0457. The van der Waals surface area contributed by atoms with Crippen molar-refractivity contribution in [3.8, 4) is 6.07 Å². The molecule has 0 atom stereocenters. The van der Waals surface area contributed by atoms with E-state index in [1.165, 1.54) is 0 Å². The van der Waals surface area contributed by atoms with E-state index in [-0.39, 0.29) is 5.75 Å². The van der Waals surface area contributed by atoms with Gasteiger partial charge in [-0.3, -0.25) is 0 Å². The number of rotatable bonds is 3. The van der Waals surface area contributed by atoms with Gasteiger partial charge < -0.3 is 0 Å². The van der Waals surface area contributed by atoms with Crippen molar-refractivity contribution in [2.24, 2.45) is 0 Å². The molecule has 0 aliphatic heterocycles. The van der Waals surface area contributed by atoms with Crippen LogP contribution in [-0.4, -0.2) is 11.9 Å². The van der Waals surface area contributed by atoms with Gasteiger partial charge in [0.25, 0.3) is 0 Å². The molecule has 0 spiro atoms. The molecule has 0 heterocycles. The lowest BCUT2D eigenvalue weighted by molar-refractivity contribution is -0.129. The quantitative estimate of drug-likeness (QED) is 0.691. The van der Waals surface area contributed by atoms with Gasteiger partial charge in [0.05, 0.1) is 11.3 Å². The van der Waals surface area contributed by atoms with Crippen LogP contribution in [0.4, 0.5) is 13.2 Å². The van der Waals surface area contributed by atoms with E-state index in [0.29, 0.717) is 4.91 Å².